The van der Waals surface area contributed by atoms with Gasteiger partial charge in [-0.25, -0.2) is 0 Å². The fraction of sp³-hybridized carbons (Fsp3) is 0. The van der Waals surface area contributed by atoms with Gasteiger partial charge in [0.25, 0.3) is 20.2 Å². The van der Waals surface area contributed by atoms with E-state index in [9.17, 15) is 45.7 Å². The van der Waals surface area contributed by atoms with Crippen LogP contribution in [0.2, 0.25) is 0 Å². The molecule has 3 rings (SSSR count). The zero-order chi connectivity index (χ0) is 19.6. The molecule has 0 radical (unpaired) electrons. The first kappa shape index (κ1) is 18.0. The predicted octanol–water partition coefficient (Wildman–Crippen LogP) is 0.367. The van der Waals surface area contributed by atoms with Crippen LogP contribution >= 0.6 is 0 Å². The summed E-state index contributed by atoms with van der Waals surface area (Å²) in [4.78, 5) is 23.2. The number of ketones is 2. The molecule has 0 atom stereocenters. The van der Waals surface area contributed by atoms with E-state index < -0.39 is 75.3 Å². The molecule has 1 aliphatic rings. The van der Waals surface area contributed by atoms with Crippen molar-refractivity contribution in [2.24, 2.45) is 0 Å². The van der Waals surface area contributed by atoms with Gasteiger partial charge in [0.05, 0.1) is 11.1 Å². The second-order valence-corrected chi connectivity index (χ2v) is 8.12. The molecular weight excluding hydrogens is 392 g/mol. The van der Waals surface area contributed by atoms with E-state index in [0.29, 0.717) is 24.3 Å². The van der Waals surface area contributed by atoms with Crippen LogP contribution in [0.15, 0.2) is 34.1 Å². The molecule has 0 heterocycles. The molecule has 0 aromatic heterocycles. The fourth-order valence-corrected chi connectivity index (χ4v) is 4.17. The maximum Gasteiger partial charge on any atom is 0.295 e. The number of carbonyl (C=O) groups excluding carboxylic acids is 2. The number of hydrogen-bond donors (Lipinski definition) is 4. The Morgan fingerprint density at radius 2 is 0.923 bits per heavy atom. The third-order valence-electron chi connectivity index (χ3n) is 3.67. The second kappa shape index (κ2) is 5.35. The standard InChI is InChI=1S/C14H8O10S2/c15-5-1-7-11(9(3-5)25(19,20)21)14(18)8-2-6(16)4-10(26(22,23)24)12(8)13(7)17/h1-4,15-16H,(H,19,20,21)(H,22,23,24). The molecular formula is C14H8O10S2. The summed E-state index contributed by atoms with van der Waals surface area (Å²) in [5.41, 5.74) is -2.97. The van der Waals surface area contributed by atoms with Crippen molar-refractivity contribution in [3.05, 3.63) is 46.5 Å². The molecule has 2 aromatic carbocycles. The number of aromatic hydroxyl groups is 2. The van der Waals surface area contributed by atoms with E-state index in [1.807, 2.05) is 0 Å². The van der Waals surface area contributed by atoms with E-state index in [2.05, 4.69) is 0 Å². The lowest BCUT2D eigenvalue weighted by atomic mass is 9.83. The van der Waals surface area contributed by atoms with Crippen LogP contribution in [0.4, 0.5) is 0 Å². The van der Waals surface area contributed by atoms with E-state index in [1.165, 1.54) is 0 Å². The Hall–Kier alpha value is -2.80. The maximum atomic E-state index is 12.7. The summed E-state index contributed by atoms with van der Waals surface area (Å²) in [5, 5.41) is 19.2. The molecule has 0 unspecified atom stereocenters. The van der Waals surface area contributed by atoms with Gasteiger partial charge in [-0.1, -0.05) is 0 Å². The monoisotopic (exact) mass is 400 g/mol. The van der Waals surface area contributed by atoms with Gasteiger partial charge >= 0.3 is 0 Å². The Morgan fingerprint density at radius 1 is 0.615 bits per heavy atom. The largest absolute Gasteiger partial charge is 0.508 e. The van der Waals surface area contributed by atoms with E-state index in [-0.39, 0.29) is 0 Å². The fourth-order valence-electron chi connectivity index (χ4n) is 2.70. The van der Waals surface area contributed by atoms with Crippen LogP contribution in [0.3, 0.4) is 0 Å². The van der Waals surface area contributed by atoms with Gasteiger partial charge in [0.2, 0.25) is 0 Å². The maximum absolute atomic E-state index is 12.7. The highest BCUT2D eigenvalue weighted by molar-refractivity contribution is 7.86. The average molecular weight is 400 g/mol. The number of fused-ring (bicyclic) bond motifs is 2. The number of rotatable bonds is 2. The molecule has 136 valence electrons. The van der Waals surface area contributed by atoms with E-state index in [0.717, 1.165) is 0 Å². The lowest BCUT2D eigenvalue weighted by Crippen LogP contribution is -2.26. The Kier molecular flexibility index (Phi) is 3.70. The molecule has 0 saturated heterocycles. The lowest BCUT2D eigenvalue weighted by Gasteiger charge is -2.21. The van der Waals surface area contributed by atoms with Crippen LogP contribution in [0, 0.1) is 0 Å². The van der Waals surface area contributed by atoms with Gasteiger partial charge in [0.15, 0.2) is 11.6 Å². The van der Waals surface area contributed by atoms with Crippen molar-refractivity contribution < 1.29 is 45.7 Å². The minimum Gasteiger partial charge on any atom is -0.508 e. The zero-order valence-electron chi connectivity index (χ0n) is 12.4. The first-order chi connectivity index (χ1) is 11.8. The molecule has 0 saturated carbocycles. The SMILES string of the molecule is O=C1c2cc(O)cc(S(=O)(=O)O)c2C(=O)c2cc(O)cc(S(=O)(=O)O)c21. The number of benzene rings is 2. The van der Waals surface area contributed by atoms with Crippen molar-refractivity contribution in [3.63, 3.8) is 0 Å². The molecule has 0 aliphatic heterocycles. The highest BCUT2D eigenvalue weighted by Gasteiger charge is 2.39. The first-order valence-electron chi connectivity index (χ1n) is 6.60. The molecule has 0 bridgehead atoms. The topological polar surface area (TPSA) is 183 Å². The van der Waals surface area contributed by atoms with Crippen LogP contribution in [0.1, 0.15) is 31.8 Å². The van der Waals surface area contributed by atoms with Crippen molar-refractivity contribution >= 4 is 31.8 Å². The summed E-state index contributed by atoms with van der Waals surface area (Å²) in [5.74, 6) is -3.98. The molecule has 0 amide bonds. The summed E-state index contributed by atoms with van der Waals surface area (Å²) in [6.07, 6.45) is 0. The van der Waals surface area contributed by atoms with E-state index in [4.69, 9.17) is 0 Å². The smallest absolute Gasteiger partial charge is 0.295 e. The molecule has 2 aromatic rings. The minimum absolute atomic E-state index is 0.539. The van der Waals surface area contributed by atoms with Crippen molar-refractivity contribution in [2.75, 3.05) is 0 Å². The van der Waals surface area contributed by atoms with Gasteiger partial charge in [-0.3, -0.25) is 18.7 Å². The third kappa shape index (κ3) is 2.64. The van der Waals surface area contributed by atoms with Crippen LogP contribution in [-0.2, 0) is 20.2 Å². The van der Waals surface area contributed by atoms with Gasteiger partial charge in [0.1, 0.15) is 21.3 Å². The van der Waals surface area contributed by atoms with Crippen molar-refractivity contribution in [1.29, 1.82) is 0 Å². The minimum atomic E-state index is -5.04. The van der Waals surface area contributed by atoms with E-state index in [1.54, 1.807) is 0 Å². The molecule has 4 N–H and O–H groups in total. The second-order valence-electron chi connectivity index (χ2n) is 5.34. The van der Waals surface area contributed by atoms with Crippen molar-refractivity contribution in [1.82, 2.24) is 0 Å². The molecule has 26 heavy (non-hydrogen) atoms. The van der Waals surface area contributed by atoms with Crippen LogP contribution in [0.25, 0.3) is 0 Å². The van der Waals surface area contributed by atoms with E-state index >= 15 is 0 Å². The average Bonchev–Trinajstić information content (AvgIpc) is 2.49. The quantitative estimate of drug-likeness (QED) is 0.438. The summed E-state index contributed by atoms with van der Waals surface area (Å²) < 4.78 is 64.6. The number of phenolic OH excluding ortho intramolecular Hbond substituents is 2. The highest BCUT2D eigenvalue weighted by Crippen LogP contribution is 2.38. The number of carbonyl (C=O) groups is 2. The van der Waals surface area contributed by atoms with Gasteiger partial charge in [0, 0.05) is 23.3 Å². The van der Waals surface area contributed by atoms with Crippen molar-refractivity contribution in [2.45, 2.75) is 9.79 Å². The summed E-state index contributed by atoms with van der Waals surface area (Å²) in [6, 6.07) is 2.51. The Bertz CT molecular complexity index is 1130. The normalized spacial score (nSPS) is 14.1. The van der Waals surface area contributed by atoms with Crippen molar-refractivity contribution in [3.8, 4) is 11.5 Å². The number of hydrogen-bond acceptors (Lipinski definition) is 8. The lowest BCUT2D eigenvalue weighted by molar-refractivity contribution is 0.0973. The van der Waals surface area contributed by atoms with Crippen LogP contribution in [0.5, 0.6) is 11.5 Å². The Labute approximate surface area is 145 Å². The van der Waals surface area contributed by atoms with Gasteiger partial charge < -0.3 is 10.2 Å². The summed E-state index contributed by atoms with van der Waals surface area (Å²) in [6.45, 7) is 0. The Morgan fingerprint density at radius 3 is 1.19 bits per heavy atom. The molecule has 1 aliphatic carbocycles. The molecule has 10 nitrogen and oxygen atoms in total. The van der Waals surface area contributed by atoms with Gasteiger partial charge in [-0.05, 0) is 12.1 Å². The molecule has 12 heteroatoms. The highest BCUT2D eigenvalue weighted by atomic mass is 32.2. The third-order valence-corrected chi connectivity index (χ3v) is 5.43. The van der Waals surface area contributed by atoms with Crippen LogP contribution < -0.4 is 0 Å². The zero-order valence-corrected chi connectivity index (χ0v) is 14.0. The Balaban J connectivity index is 2.50. The molecule has 0 fully saturated rings. The first-order valence-corrected chi connectivity index (χ1v) is 9.49. The van der Waals surface area contributed by atoms with Gasteiger partial charge in [-0.15, -0.1) is 0 Å². The number of phenols is 2. The summed E-state index contributed by atoms with van der Waals surface area (Å²) in [7, 11) is -10.1. The molecule has 0 spiro atoms. The predicted molar refractivity (Wildman–Crippen MR) is 82.7 cm³/mol. The van der Waals surface area contributed by atoms with Crippen LogP contribution in [-0.4, -0.2) is 47.7 Å². The summed E-state index contributed by atoms with van der Waals surface area (Å²) >= 11 is 0. The van der Waals surface area contributed by atoms with Gasteiger partial charge in [-0.2, -0.15) is 16.8 Å².